The summed E-state index contributed by atoms with van der Waals surface area (Å²) >= 11 is 1.57. The second-order valence-electron chi connectivity index (χ2n) is 4.33. The van der Waals surface area contributed by atoms with Gasteiger partial charge in [0.2, 0.25) is 5.91 Å². The number of aromatic nitrogens is 1. The van der Waals surface area contributed by atoms with E-state index in [2.05, 4.69) is 10.3 Å². The Morgan fingerprint density at radius 3 is 3.00 bits per heavy atom. The van der Waals surface area contributed by atoms with Crippen molar-refractivity contribution in [2.45, 2.75) is 20.0 Å². The van der Waals surface area contributed by atoms with Gasteiger partial charge in [-0.25, -0.2) is 4.98 Å². The van der Waals surface area contributed by atoms with Crippen molar-refractivity contribution < 1.29 is 9.53 Å². The maximum absolute atomic E-state index is 11.7. The average molecular weight is 276 g/mol. The summed E-state index contributed by atoms with van der Waals surface area (Å²) in [4.78, 5) is 15.9. The summed E-state index contributed by atoms with van der Waals surface area (Å²) in [5.74, 6) is -0.148. The van der Waals surface area contributed by atoms with E-state index in [0.29, 0.717) is 0 Å². The second kappa shape index (κ2) is 6.45. The highest BCUT2D eigenvalue weighted by Crippen LogP contribution is 2.24. The number of nitrogens with one attached hydrogen (secondary N) is 1. The van der Waals surface area contributed by atoms with Crippen LogP contribution < -0.4 is 5.32 Å². The predicted molar refractivity (Wildman–Crippen MR) is 77.3 cm³/mol. The standard InChI is InChI=1S/C14H16N2O2S/c1-10(2)18-9-13(17)16-12-5-3-4-11(8-12)14-15-6-7-19-14/h3-8,10H,9H2,1-2H3,(H,16,17). The molecule has 0 atom stereocenters. The number of amides is 1. The van der Waals surface area contributed by atoms with Gasteiger partial charge < -0.3 is 10.1 Å². The third kappa shape index (κ3) is 4.15. The highest BCUT2D eigenvalue weighted by atomic mass is 32.1. The summed E-state index contributed by atoms with van der Waals surface area (Å²) in [6.45, 7) is 3.87. The van der Waals surface area contributed by atoms with Crippen LogP contribution in [0.15, 0.2) is 35.8 Å². The number of carbonyl (C=O) groups excluding carboxylic acids is 1. The number of ether oxygens (including phenoxy) is 1. The van der Waals surface area contributed by atoms with Crippen LogP contribution in [0, 0.1) is 0 Å². The molecule has 0 spiro atoms. The first-order valence-electron chi connectivity index (χ1n) is 6.06. The molecule has 1 heterocycles. The van der Waals surface area contributed by atoms with E-state index in [1.165, 1.54) is 0 Å². The molecule has 1 aromatic heterocycles. The van der Waals surface area contributed by atoms with E-state index in [-0.39, 0.29) is 18.6 Å². The van der Waals surface area contributed by atoms with Gasteiger partial charge in [0.25, 0.3) is 0 Å². The Morgan fingerprint density at radius 1 is 1.47 bits per heavy atom. The molecule has 4 nitrogen and oxygen atoms in total. The molecule has 0 aliphatic carbocycles. The summed E-state index contributed by atoms with van der Waals surface area (Å²) in [7, 11) is 0. The van der Waals surface area contributed by atoms with Gasteiger partial charge in [0.05, 0.1) is 6.10 Å². The lowest BCUT2D eigenvalue weighted by Crippen LogP contribution is -2.20. The van der Waals surface area contributed by atoms with E-state index in [0.717, 1.165) is 16.3 Å². The van der Waals surface area contributed by atoms with Crippen LogP contribution in [0.4, 0.5) is 5.69 Å². The third-order valence-corrected chi connectivity index (χ3v) is 3.20. The number of anilines is 1. The van der Waals surface area contributed by atoms with E-state index in [9.17, 15) is 4.79 Å². The zero-order valence-corrected chi connectivity index (χ0v) is 11.7. The molecule has 0 saturated heterocycles. The topological polar surface area (TPSA) is 51.2 Å². The molecule has 100 valence electrons. The molecule has 0 unspecified atom stereocenters. The van der Waals surface area contributed by atoms with Crippen molar-refractivity contribution in [2.75, 3.05) is 11.9 Å². The van der Waals surface area contributed by atoms with Crippen molar-refractivity contribution in [1.29, 1.82) is 0 Å². The van der Waals surface area contributed by atoms with Crippen LogP contribution in [0.2, 0.25) is 0 Å². The van der Waals surface area contributed by atoms with Crippen LogP contribution >= 0.6 is 11.3 Å². The molecule has 1 amide bonds. The third-order valence-electron chi connectivity index (χ3n) is 2.37. The SMILES string of the molecule is CC(C)OCC(=O)Nc1cccc(-c2nccs2)c1. The number of benzene rings is 1. The molecule has 0 fully saturated rings. The van der Waals surface area contributed by atoms with Crippen molar-refractivity contribution >= 4 is 22.9 Å². The van der Waals surface area contributed by atoms with E-state index in [1.54, 1.807) is 17.5 Å². The Bertz CT molecular complexity index is 538. The number of nitrogens with zero attached hydrogens (tertiary/aromatic N) is 1. The molecule has 0 aliphatic heterocycles. The minimum absolute atomic E-state index is 0.0485. The predicted octanol–water partition coefficient (Wildman–Crippen LogP) is 3.17. The Labute approximate surface area is 116 Å². The van der Waals surface area contributed by atoms with Crippen LogP contribution in [0.5, 0.6) is 0 Å². The maximum Gasteiger partial charge on any atom is 0.250 e. The van der Waals surface area contributed by atoms with Crippen molar-refractivity contribution in [3.05, 3.63) is 35.8 Å². The number of hydrogen-bond acceptors (Lipinski definition) is 4. The van der Waals surface area contributed by atoms with E-state index in [4.69, 9.17) is 4.74 Å². The average Bonchev–Trinajstić information content (AvgIpc) is 2.90. The summed E-state index contributed by atoms with van der Waals surface area (Å²) in [5.41, 5.74) is 1.75. The summed E-state index contributed by atoms with van der Waals surface area (Å²) < 4.78 is 5.26. The van der Waals surface area contributed by atoms with Crippen LogP contribution in [0.1, 0.15) is 13.8 Å². The first kappa shape index (κ1) is 13.7. The van der Waals surface area contributed by atoms with Crippen LogP contribution in [-0.2, 0) is 9.53 Å². The molecule has 0 saturated carbocycles. The second-order valence-corrected chi connectivity index (χ2v) is 5.22. The lowest BCUT2D eigenvalue weighted by molar-refractivity contribution is -0.121. The molecule has 2 aromatic rings. The fourth-order valence-corrected chi connectivity index (χ4v) is 2.17. The zero-order valence-electron chi connectivity index (χ0n) is 10.9. The van der Waals surface area contributed by atoms with Crippen LogP contribution in [0.3, 0.4) is 0 Å². The van der Waals surface area contributed by atoms with Crippen molar-refractivity contribution in [1.82, 2.24) is 4.98 Å². The molecule has 1 N–H and O–H groups in total. The van der Waals surface area contributed by atoms with Gasteiger partial charge in [0.15, 0.2) is 0 Å². The smallest absolute Gasteiger partial charge is 0.250 e. The van der Waals surface area contributed by atoms with Gasteiger partial charge in [-0.1, -0.05) is 12.1 Å². The van der Waals surface area contributed by atoms with Crippen molar-refractivity contribution in [3.8, 4) is 10.6 Å². The molecule has 1 aromatic carbocycles. The fourth-order valence-electron chi connectivity index (χ4n) is 1.54. The van der Waals surface area contributed by atoms with Gasteiger partial charge in [-0.15, -0.1) is 11.3 Å². The van der Waals surface area contributed by atoms with Crippen molar-refractivity contribution in [2.24, 2.45) is 0 Å². The number of carbonyl (C=O) groups is 1. The van der Waals surface area contributed by atoms with Crippen molar-refractivity contribution in [3.63, 3.8) is 0 Å². The van der Waals surface area contributed by atoms with Crippen LogP contribution in [-0.4, -0.2) is 23.6 Å². The first-order valence-corrected chi connectivity index (χ1v) is 6.94. The van der Waals surface area contributed by atoms with Gasteiger partial charge in [0, 0.05) is 22.8 Å². The highest BCUT2D eigenvalue weighted by molar-refractivity contribution is 7.13. The highest BCUT2D eigenvalue weighted by Gasteiger charge is 2.06. The normalized spacial score (nSPS) is 10.7. The van der Waals surface area contributed by atoms with E-state index in [1.807, 2.05) is 43.5 Å². The van der Waals surface area contributed by atoms with E-state index >= 15 is 0 Å². The summed E-state index contributed by atoms with van der Waals surface area (Å²) in [5, 5.41) is 5.68. The Morgan fingerprint density at radius 2 is 2.32 bits per heavy atom. The number of rotatable bonds is 5. The van der Waals surface area contributed by atoms with Crippen LogP contribution in [0.25, 0.3) is 10.6 Å². The Hall–Kier alpha value is -1.72. The van der Waals surface area contributed by atoms with Gasteiger partial charge in [0.1, 0.15) is 11.6 Å². The monoisotopic (exact) mass is 276 g/mol. The molecule has 0 bridgehead atoms. The molecule has 19 heavy (non-hydrogen) atoms. The van der Waals surface area contributed by atoms with Gasteiger partial charge >= 0.3 is 0 Å². The lowest BCUT2D eigenvalue weighted by atomic mass is 10.2. The fraction of sp³-hybridized carbons (Fsp3) is 0.286. The van der Waals surface area contributed by atoms with E-state index < -0.39 is 0 Å². The Kier molecular flexibility index (Phi) is 4.65. The van der Waals surface area contributed by atoms with Gasteiger partial charge in [-0.3, -0.25) is 4.79 Å². The molecule has 0 aliphatic rings. The minimum Gasteiger partial charge on any atom is -0.369 e. The largest absolute Gasteiger partial charge is 0.369 e. The van der Waals surface area contributed by atoms with Gasteiger partial charge in [-0.2, -0.15) is 0 Å². The first-order chi connectivity index (χ1) is 9.15. The summed E-state index contributed by atoms with van der Waals surface area (Å²) in [6.07, 6.45) is 1.81. The molecular weight excluding hydrogens is 260 g/mol. The lowest BCUT2D eigenvalue weighted by Gasteiger charge is -2.09. The molecule has 5 heteroatoms. The number of thiazole rings is 1. The minimum atomic E-state index is -0.148. The molecule has 2 rings (SSSR count). The zero-order chi connectivity index (χ0) is 13.7. The maximum atomic E-state index is 11.7. The number of hydrogen-bond donors (Lipinski definition) is 1. The molecular formula is C14H16N2O2S. The molecule has 0 radical (unpaired) electrons. The van der Waals surface area contributed by atoms with Gasteiger partial charge in [-0.05, 0) is 26.0 Å². The summed E-state index contributed by atoms with van der Waals surface area (Å²) in [6, 6.07) is 7.63. The Balaban J connectivity index is 2.01. The quantitative estimate of drug-likeness (QED) is 0.912.